The Morgan fingerprint density at radius 3 is 3.17 bits per heavy atom. The average Bonchev–Trinajstić information content (AvgIpc) is 2.67. The van der Waals surface area contributed by atoms with Gasteiger partial charge in [-0.15, -0.1) is 0 Å². The Morgan fingerprint density at radius 1 is 1.75 bits per heavy atom. The van der Waals surface area contributed by atoms with Crippen molar-refractivity contribution in [3.05, 3.63) is 0 Å². The SMILES string of the molecule is COC[C@@]12CC[C@H](NC=N)[C@H]1C2. The van der Waals surface area contributed by atoms with E-state index in [1.54, 1.807) is 7.11 Å². The maximum absolute atomic E-state index is 6.97. The lowest BCUT2D eigenvalue weighted by Gasteiger charge is -2.09. The van der Waals surface area contributed by atoms with E-state index >= 15 is 0 Å². The lowest BCUT2D eigenvalue weighted by molar-refractivity contribution is 0.137. The van der Waals surface area contributed by atoms with Crippen LogP contribution < -0.4 is 5.32 Å². The van der Waals surface area contributed by atoms with Gasteiger partial charge in [-0.25, -0.2) is 0 Å². The second kappa shape index (κ2) is 2.73. The fourth-order valence-electron chi connectivity index (χ4n) is 2.71. The molecule has 2 aliphatic rings. The summed E-state index contributed by atoms with van der Waals surface area (Å²) in [5.74, 6) is 0.777. The predicted octanol–water partition coefficient (Wildman–Crippen LogP) is 0.998. The quantitative estimate of drug-likeness (QED) is 0.486. The molecule has 0 bridgehead atoms. The smallest absolute Gasteiger partial charge is 0.0793 e. The van der Waals surface area contributed by atoms with Gasteiger partial charge in [0.1, 0.15) is 0 Å². The van der Waals surface area contributed by atoms with E-state index < -0.39 is 0 Å². The highest BCUT2D eigenvalue weighted by atomic mass is 16.5. The summed E-state index contributed by atoms with van der Waals surface area (Å²) in [6, 6.07) is 0.553. The molecule has 3 heteroatoms. The molecule has 3 nitrogen and oxygen atoms in total. The van der Waals surface area contributed by atoms with Crippen molar-refractivity contribution in [3.63, 3.8) is 0 Å². The molecule has 68 valence electrons. The molecular weight excluding hydrogens is 152 g/mol. The van der Waals surface area contributed by atoms with Crippen molar-refractivity contribution in [2.75, 3.05) is 13.7 Å². The van der Waals surface area contributed by atoms with Crippen LogP contribution in [0.25, 0.3) is 0 Å². The van der Waals surface area contributed by atoms with Gasteiger partial charge in [-0.2, -0.15) is 0 Å². The second-order valence-electron chi connectivity index (χ2n) is 4.06. The van der Waals surface area contributed by atoms with Crippen LogP contribution in [0.15, 0.2) is 0 Å². The van der Waals surface area contributed by atoms with Crippen LogP contribution in [-0.4, -0.2) is 26.1 Å². The normalized spacial score (nSPS) is 43.8. The van der Waals surface area contributed by atoms with Gasteiger partial charge in [0, 0.05) is 13.2 Å². The van der Waals surface area contributed by atoms with Gasteiger partial charge in [-0.1, -0.05) is 0 Å². The molecule has 0 unspecified atom stereocenters. The summed E-state index contributed by atoms with van der Waals surface area (Å²) in [6.07, 6.45) is 5.11. The van der Waals surface area contributed by atoms with Gasteiger partial charge in [0.05, 0.1) is 12.9 Å². The Kier molecular flexibility index (Phi) is 1.83. The summed E-state index contributed by atoms with van der Waals surface area (Å²) in [5.41, 5.74) is 0.495. The van der Waals surface area contributed by atoms with E-state index in [0.717, 1.165) is 12.5 Å². The molecule has 0 aromatic rings. The first kappa shape index (κ1) is 8.05. The summed E-state index contributed by atoms with van der Waals surface area (Å²) >= 11 is 0. The first-order valence-electron chi connectivity index (χ1n) is 4.56. The molecule has 0 saturated heterocycles. The van der Waals surface area contributed by atoms with Gasteiger partial charge in [0.25, 0.3) is 0 Å². The van der Waals surface area contributed by atoms with E-state index in [4.69, 9.17) is 10.1 Å². The van der Waals surface area contributed by atoms with Crippen molar-refractivity contribution < 1.29 is 4.74 Å². The number of ether oxygens (including phenoxy) is 1. The number of hydrogen-bond donors (Lipinski definition) is 2. The summed E-state index contributed by atoms with van der Waals surface area (Å²) in [4.78, 5) is 0. The Balaban J connectivity index is 1.91. The summed E-state index contributed by atoms with van der Waals surface area (Å²) < 4.78 is 5.21. The second-order valence-corrected chi connectivity index (χ2v) is 4.06. The number of hydrogen-bond acceptors (Lipinski definition) is 2. The predicted molar refractivity (Wildman–Crippen MR) is 47.4 cm³/mol. The molecule has 0 spiro atoms. The largest absolute Gasteiger partial charge is 0.384 e. The van der Waals surface area contributed by atoms with Crippen LogP contribution in [-0.2, 0) is 4.74 Å². The molecule has 2 aliphatic carbocycles. The van der Waals surface area contributed by atoms with Gasteiger partial charge in [-0.05, 0) is 30.6 Å². The number of rotatable bonds is 4. The van der Waals surface area contributed by atoms with Gasteiger partial charge in [0.2, 0.25) is 0 Å². The van der Waals surface area contributed by atoms with Gasteiger partial charge in [0.15, 0.2) is 0 Å². The van der Waals surface area contributed by atoms with E-state index in [1.165, 1.54) is 25.6 Å². The molecular formula is C9H16N2O. The van der Waals surface area contributed by atoms with Crippen molar-refractivity contribution >= 4 is 6.34 Å². The van der Waals surface area contributed by atoms with Crippen LogP contribution in [0.4, 0.5) is 0 Å². The lowest BCUT2D eigenvalue weighted by Crippen LogP contribution is -2.27. The van der Waals surface area contributed by atoms with Crippen molar-refractivity contribution in [2.45, 2.75) is 25.3 Å². The fraction of sp³-hybridized carbons (Fsp3) is 0.889. The zero-order valence-electron chi connectivity index (χ0n) is 7.47. The molecule has 0 aromatic carbocycles. The maximum Gasteiger partial charge on any atom is 0.0793 e. The van der Waals surface area contributed by atoms with Crippen LogP contribution in [0.3, 0.4) is 0 Å². The molecule has 12 heavy (non-hydrogen) atoms. The highest BCUT2D eigenvalue weighted by Crippen LogP contribution is 2.63. The maximum atomic E-state index is 6.97. The van der Waals surface area contributed by atoms with E-state index in [-0.39, 0.29) is 0 Å². The van der Waals surface area contributed by atoms with E-state index in [2.05, 4.69) is 5.32 Å². The molecule has 2 saturated carbocycles. The molecule has 0 amide bonds. The van der Waals surface area contributed by atoms with Gasteiger partial charge >= 0.3 is 0 Å². The highest BCUT2D eigenvalue weighted by molar-refractivity contribution is 5.51. The van der Waals surface area contributed by atoms with Crippen LogP contribution in [0, 0.1) is 16.7 Å². The Bertz CT molecular complexity index is 195. The highest BCUT2D eigenvalue weighted by Gasteiger charge is 2.61. The van der Waals surface area contributed by atoms with Crippen molar-refractivity contribution in [1.82, 2.24) is 5.32 Å². The van der Waals surface area contributed by atoms with E-state index in [0.29, 0.717) is 11.5 Å². The topological polar surface area (TPSA) is 45.1 Å². The summed E-state index contributed by atoms with van der Waals surface area (Å²) in [6.45, 7) is 0.911. The molecule has 2 N–H and O–H groups in total. The molecule has 0 heterocycles. The van der Waals surface area contributed by atoms with Gasteiger partial charge < -0.3 is 10.1 Å². The molecule has 2 fully saturated rings. The molecule has 3 atom stereocenters. The Morgan fingerprint density at radius 2 is 2.58 bits per heavy atom. The molecule has 2 rings (SSSR count). The van der Waals surface area contributed by atoms with Crippen LogP contribution >= 0.6 is 0 Å². The molecule has 0 aliphatic heterocycles. The Hall–Kier alpha value is -0.570. The molecule has 0 aromatic heterocycles. The third kappa shape index (κ3) is 1.04. The zero-order chi connectivity index (χ0) is 8.60. The third-order valence-corrected chi connectivity index (χ3v) is 3.42. The number of fused-ring (bicyclic) bond motifs is 1. The van der Waals surface area contributed by atoms with Crippen molar-refractivity contribution in [3.8, 4) is 0 Å². The minimum Gasteiger partial charge on any atom is -0.384 e. The van der Waals surface area contributed by atoms with E-state index in [1.807, 2.05) is 0 Å². The first-order valence-corrected chi connectivity index (χ1v) is 4.56. The zero-order valence-corrected chi connectivity index (χ0v) is 7.47. The monoisotopic (exact) mass is 168 g/mol. The fourth-order valence-corrected chi connectivity index (χ4v) is 2.71. The standard InChI is InChI=1S/C9H16N2O/c1-12-5-9-3-2-8(11-6-10)7(9)4-9/h6-8H,2-5H2,1H3,(H2,10,11)/t7-,8+,9+/m1/s1. The van der Waals surface area contributed by atoms with Crippen molar-refractivity contribution in [1.29, 1.82) is 5.41 Å². The third-order valence-electron chi connectivity index (χ3n) is 3.42. The average molecular weight is 168 g/mol. The minimum absolute atomic E-state index is 0.495. The minimum atomic E-state index is 0.495. The van der Waals surface area contributed by atoms with Crippen LogP contribution in [0.1, 0.15) is 19.3 Å². The number of methoxy groups -OCH3 is 1. The molecule has 0 radical (unpaired) electrons. The van der Waals surface area contributed by atoms with Gasteiger partial charge in [-0.3, -0.25) is 5.41 Å². The first-order chi connectivity index (χ1) is 5.82. The Labute approximate surface area is 73.0 Å². The summed E-state index contributed by atoms with van der Waals surface area (Å²) in [7, 11) is 1.78. The van der Waals surface area contributed by atoms with Crippen molar-refractivity contribution in [2.24, 2.45) is 11.3 Å². The summed E-state index contributed by atoms with van der Waals surface area (Å²) in [5, 5.41) is 10.1. The van der Waals surface area contributed by atoms with Crippen LogP contribution in [0.2, 0.25) is 0 Å². The van der Waals surface area contributed by atoms with Crippen LogP contribution in [0.5, 0.6) is 0 Å². The number of nitrogens with one attached hydrogen (secondary N) is 2. The lowest BCUT2D eigenvalue weighted by atomic mass is 10.1. The van der Waals surface area contributed by atoms with E-state index in [9.17, 15) is 0 Å².